The number of piperidine rings is 1. The third-order valence-corrected chi connectivity index (χ3v) is 7.63. The van der Waals surface area contributed by atoms with Crippen molar-refractivity contribution in [3.8, 4) is 0 Å². The summed E-state index contributed by atoms with van der Waals surface area (Å²) < 4.78 is 51.4. The zero-order chi connectivity index (χ0) is 19.8. The molecule has 3 heterocycles. The molecule has 2 saturated heterocycles. The van der Waals surface area contributed by atoms with Crippen molar-refractivity contribution in [2.45, 2.75) is 49.5 Å². The number of aryl methyl sites for hydroxylation is 1. The fourth-order valence-electron chi connectivity index (χ4n) is 4.22. The lowest BCUT2D eigenvalue weighted by Gasteiger charge is -2.45. The highest BCUT2D eigenvalue weighted by Gasteiger charge is 2.43. The highest BCUT2D eigenvalue weighted by molar-refractivity contribution is 7.89. The van der Waals surface area contributed by atoms with E-state index in [-0.39, 0.29) is 10.5 Å². The van der Waals surface area contributed by atoms with Gasteiger partial charge in [0.1, 0.15) is 5.82 Å². The van der Waals surface area contributed by atoms with Crippen molar-refractivity contribution in [2.24, 2.45) is 5.92 Å². The Morgan fingerprint density at radius 1 is 1.25 bits per heavy atom. The van der Waals surface area contributed by atoms with E-state index in [0.29, 0.717) is 44.3 Å². The molecule has 1 spiro atoms. The molecule has 1 aromatic heterocycles. The van der Waals surface area contributed by atoms with Gasteiger partial charge < -0.3 is 9.26 Å². The molecular formula is C19H24FN3O4S. The Morgan fingerprint density at radius 3 is 2.61 bits per heavy atom. The number of hydrogen-bond donors (Lipinski definition) is 0. The van der Waals surface area contributed by atoms with Crippen LogP contribution in [0.2, 0.25) is 0 Å². The molecule has 2 aliphatic rings. The second-order valence-corrected chi connectivity index (χ2v) is 9.62. The van der Waals surface area contributed by atoms with Crippen LogP contribution in [0.4, 0.5) is 4.39 Å². The first-order valence-electron chi connectivity index (χ1n) is 9.55. The number of halogens is 1. The van der Waals surface area contributed by atoms with Gasteiger partial charge in [0.15, 0.2) is 5.82 Å². The van der Waals surface area contributed by atoms with Crippen LogP contribution < -0.4 is 0 Å². The molecule has 152 valence electrons. The van der Waals surface area contributed by atoms with Crippen LogP contribution in [-0.4, -0.2) is 48.2 Å². The molecule has 7 nitrogen and oxygen atoms in total. The average Bonchev–Trinajstić information content (AvgIpc) is 3.07. The average molecular weight is 409 g/mol. The predicted octanol–water partition coefficient (Wildman–Crippen LogP) is 2.71. The molecular weight excluding hydrogens is 385 g/mol. The summed E-state index contributed by atoms with van der Waals surface area (Å²) in [6, 6.07) is 4.98. The van der Waals surface area contributed by atoms with Crippen molar-refractivity contribution in [3.63, 3.8) is 0 Å². The minimum Gasteiger partial charge on any atom is -0.375 e. The van der Waals surface area contributed by atoms with Crippen molar-refractivity contribution >= 4 is 10.0 Å². The largest absolute Gasteiger partial charge is 0.375 e. The number of benzene rings is 1. The van der Waals surface area contributed by atoms with E-state index in [1.807, 2.05) is 0 Å². The van der Waals surface area contributed by atoms with Gasteiger partial charge in [0.25, 0.3) is 0 Å². The number of hydrogen-bond acceptors (Lipinski definition) is 6. The molecule has 4 rings (SSSR count). The van der Waals surface area contributed by atoms with Gasteiger partial charge in [0, 0.05) is 33.0 Å². The zero-order valence-electron chi connectivity index (χ0n) is 15.8. The van der Waals surface area contributed by atoms with Crippen LogP contribution in [0.3, 0.4) is 0 Å². The van der Waals surface area contributed by atoms with Gasteiger partial charge in [-0.05, 0) is 55.9 Å². The molecule has 1 aromatic carbocycles. The molecule has 1 unspecified atom stereocenters. The van der Waals surface area contributed by atoms with Crippen LogP contribution in [0.1, 0.15) is 37.4 Å². The Morgan fingerprint density at radius 2 is 1.96 bits per heavy atom. The predicted molar refractivity (Wildman–Crippen MR) is 98.5 cm³/mol. The molecule has 2 fully saturated rings. The number of ether oxygens (including phenoxy) is 1. The third kappa shape index (κ3) is 3.97. The summed E-state index contributed by atoms with van der Waals surface area (Å²) in [5, 5.41) is 3.99. The summed E-state index contributed by atoms with van der Waals surface area (Å²) in [7, 11) is -3.61. The quantitative estimate of drug-likeness (QED) is 0.772. The monoisotopic (exact) mass is 409 g/mol. The van der Waals surface area contributed by atoms with E-state index < -0.39 is 15.8 Å². The first-order valence-corrected chi connectivity index (χ1v) is 11.0. The van der Waals surface area contributed by atoms with Gasteiger partial charge in [-0.3, -0.25) is 0 Å². The first-order chi connectivity index (χ1) is 13.4. The molecule has 0 bridgehead atoms. The Kier molecular flexibility index (Phi) is 5.24. The number of nitrogens with zero attached hydrogens (tertiary/aromatic N) is 3. The van der Waals surface area contributed by atoms with Gasteiger partial charge in [-0.2, -0.15) is 9.29 Å². The van der Waals surface area contributed by atoms with Gasteiger partial charge in [-0.1, -0.05) is 5.16 Å². The van der Waals surface area contributed by atoms with E-state index in [4.69, 9.17) is 9.26 Å². The van der Waals surface area contributed by atoms with Gasteiger partial charge in [0.05, 0.1) is 10.5 Å². The smallest absolute Gasteiger partial charge is 0.243 e. The van der Waals surface area contributed by atoms with E-state index >= 15 is 0 Å². The van der Waals surface area contributed by atoms with Crippen LogP contribution in [0.25, 0.3) is 0 Å². The standard InChI is InChI=1S/C19H24FN3O4S/c1-14-21-18(22-27-14)12-15-6-11-26-19(13-15)7-9-23(10-8-19)28(24,25)17-4-2-16(20)3-5-17/h2-5,15H,6-13H2,1H3. The normalized spacial score (nSPS) is 23.1. The van der Waals surface area contributed by atoms with Crippen molar-refractivity contribution in [2.75, 3.05) is 19.7 Å². The Bertz CT molecular complexity index is 921. The summed E-state index contributed by atoms with van der Waals surface area (Å²) in [5.74, 6) is 1.23. The lowest BCUT2D eigenvalue weighted by Crippen LogP contribution is -2.50. The van der Waals surface area contributed by atoms with E-state index in [0.717, 1.165) is 25.1 Å². The maximum atomic E-state index is 13.1. The van der Waals surface area contributed by atoms with Crippen LogP contribution in [-0.2, 0) is 21.2 Å². The van der Waals surface area contributed by atoms with Gasteiger partial charge in [-0.15, -0.1) is 0 Å². The molecule has 0 saturated carbocycles. The van der Waals surface area contributed by atoms with Crippen LogP contribution in [0.15, 0.2) is 33.7 Å². The van der Waals surface area contributed by atoms with Crippen molar-refractivity contribution in [1.29, 1.82) is 0 Å². The van der Waals surface area contributed by atoms with Crippen molar-refractivity contribution in [1.82, 2.24) is 14.4 Å². The molecule has 9 heteroatoms. The molecule has 0 amide bonds. The Labute approximate surface area is 163 Å². The summed E-state index contributed by atoms with van der Waals surface area (Å²) >= 11 is 0. The second-order valence-electron chi connectivity index (χ2n) is 7.68. The zero-order valence-corrected chi connectivity index (χ0v) is 16.6. The molecule has 2 aliphatic heterocycles. The molecule has 2 aromatic rings. The number of aromatic nitrogens is 2. The molecule has 0 radical (unpaired) electrons. The minimum absolute atomic E-state index is 0.125. The number of sulfonamides is 1. The van der Waals surface area contributed by atoms with E-state index in [9.17, 15) is 12.8 Å². The summed E-state index contributed by atoms with van der Waals surface area (Å²) in [4.78, 5) is 4.41. The van der Waals surface area contributed by atoms with Crippen LogP contribution in [0.5, 0.6) is 0 Å². The van der Waals surface area contributed by atoms with Gasteiger partial charge in [0.2, 0.25) is 15.9 Å². The topological polar surface area (TPSA) is 85.5 Å². The molecule has 28 heavy (non-hydrogen) atoms. The fourth-order valence-corrected chi connectivity index (χ4v) is 5.67. The summed E-state index contributed by atoms with van der Waals surface area (Å²) in [6.45, 7) is 3.23. The Hall–Kier alpha value is -1.84. The van der Waals surface area contributed by atoms with Crippen molar-refractivity contribution in [3.05, 3.63) is 41.8 Å². The highest BCUT2D eigenvalue weighted by atomic mass is 32.2. The lowest BCUT2D eigenvalue weighted by molar-refractivity contribution is -0.120. The van der Waals surface area contributed by atoms with Crippen LogP contribution in [0, 0.1) is 18.7 Å². The van der Waals surface area contributed by atoms with Gasteiger partial charge >= 0.3 is 0 Å². The van der Waals surface area contributed by atoms with E-state index in [1.54, 1.807) is 6.92 Å². The van der Waals surface area contributed by atoms with E-state index in [1.165, 1.54) is 28.6 Å². The Balaban J connectivity index is 1.40. The molecule has 1 atom stereocenters. The second kappa shape index (κ2) is 7.53. The molecule has 0 N–H and O–H groups in total. The maximum Gasteiger partial charge on any atom is 0.243 e. The summed E-state index contributed by atoms with van der Waals surface area (Å²) in [5.41, 5.74) is -0.295. The van der Waals surface area contributed by atoms with E-state index in [2.05, 4.69) is 10.1 Å². The minimum atomic E-state index is -3.61. The number of rotatable bonds is 4. The van der Waals surface area contributed by atoms with Crippen molar-refractivity contribution < 1.29 is 22.1 Å². The maximum absolute atomic E-state index is 13.1. The van der Waals surface area contributed by atoms with Crippen LogP contribution >= 0.6 is 0 Å². The lowest BCUT2D eigenvalue weighted by atomic mass is 9.78. The fraction of sp³-hybridized carbons (Fsp3) is 0.579. The highest BCUT2D eigenvalue weighted by Crippen LogP contribution is 2.39. The SMILES string of the molecule is Cc1nc(CC2CCOC3(CCN(S(=O)(=O)c4ccc(F)cc4)CC3)C2)no1. The van der Waals surface area contributed by atoms with Gasteiger partial charge in [-0.25, -0.2) is 12.8 Å². The first kappa shape index (κ1) is 19.5. The molecule has 0 aliphatic carbocycles. The summed E-state index contributed by atoms with van der Waals surface area (Å²) in [6.07, 6.45) is 3.85. The third-order valence-electron chi connectivity index (χ3n) is 5.72.